The zero-order valence-electron chi connectivity index (χ0n) is 17.3. The van der Waals surface area contributed by atoms with Gasteiger partial charge in [-0.1, -0.05) is 0 Å². The van der Waals surface area contributed by atoms with Gasteiger partial charge in [0.05, 0.1) is 25.2 Å². The topological polar surface area (TPSA) is 120 Å². The monoisotopic (exact) mass is 429 g/mol. The molecule has 0 atom stereocenters. The number of hydrogen-bond donors (Lipinski definition) is 1. The molecule has 0 bridgehead atoms. The molecule has 31 heavy (non-hydrogen) atoms. The van der Waals surface area contributed by atoms with Gasteiger partial charge in [-0.15, -0.1) is 0 Å². The van der Waals surface area contributed by atoms with Gasteiger partial charge in [-0.05, 0) is 37.1 Å². The number of carbonyl (C=O) groups excluding carboxylic acids is 2. The summed E-state index contributed by atoms with van der Waals surface area (Å²) in [5.41, 5.74) is 0.787. The first-order valence-corrected chi connectivity index (χ1v) is 9.65. The highest BCUT2D eigenvalue weighted by Gasteiger charge is 2.26. The van der Waals surface area contributed by atoms with Crippen LogP contribution < -0.4 is 19.7 Å². The number of carbonyl (C=O) groups is 2. The molecule has 10 nitrogen and oxygen atoms in total. The molecule has 2 aromatic rings. The van der Waals surface area contributed by atoms with Crippen molar-refractivity contribution in [3.05, 3.63) is 52.1 Å². The van der Waals surface area contributed by atoms with Crippen molar-refractivity contribution in [3.63, 3.8) is 0 Å². The Balaban J connectivity index is 1.62. The van der Waals surface area contributed by atoms with Crippen LogP contribution in [0, 0.1) is 10.1 Å². The van der Waals surface area contributed by atoms with Crippen LogP contribution in [-0.4, -0.2) is 50.7 Å². The summed E-state index contributed by atoms with van der Waals surface area (Å²) in [6.45, 7) is 1.44. The second-order valence-corrected chi connectivity index (χ2v) is 6.85. The number of nitro benzene ring substituents is 1. The minimum atomic E-state index is -1.02. The van der Waals surface area contributed by atoms with Crippen molar-refractivity contribution in [3.8, 4) is 11.5 Å². The van der Waals surface area contributed by atoms with Crippen LogP contribution in [0.3, 0.4) is 0 Å². The van der Waals surface area contributed by atoms with Crippen LogP contribution in [0.4, 0.5) is 17.1 Å². The van der Waals surface area contributed by atoms with Crippen LogP contribution >= 0.6 is 0 Å². The maximum Gasteiger partial charge on any atom is 0.345 e. The quantitative estimate of drug-likeness (QED) is 0.386. The molecule has 1 saturated heterocycles. The molecule has 2 aromatic carbocycles. The smallest absolute Gasteiger partial charge is 0.345 e. The first-order valence-electron chi connectivity index (χ1n) is 9.65. The Bertz CT molecular complexity index is 970. The summed E-state index contributed by atoms with van der Waals surface area (Å²) in [4.78, 5) is 37.4. The van der Waals surface area contributed by atoms with Gasteiger partial charge in [0.25, 0.3) is 11.6 Å². The van der Waals surface area contributed by atoms with E-state index in [1.165, 1.54) is 27.1 Å². The maximum atomic E-state index is 12.4. The fourth-order valence-corrected chi connectivity index (χ4v) is 3.32. The highest BCUT2D eigenvalue weighted by molar-refractivity contribution is 5.98. The summed E-state index contributed by atoms with van der Waals surface area (Å²) < 4.78 is 15.1. The zero-order valence-corrected chi connectivity index (χ0v) is 17.3. The minimum Gasteiger partial charge on any atom is -0.493 e. The van der Waals surface area contributed by atoms with Crippen molar-refractivity contribution < 1.29 is 28.7 Å². The number of ether oxygens (including phenoxy) is 3. The third-order valence-corrected chi connectivity index (χ3v) is 4.88. The van der Waals surface area contributed by atoms with Gasteiger partial charge < -0.3 is 24.4 Å². The number of methoxy groups -OCH3 is 2. The molecule has 0 spiro atoms. The molecule has 0 radical (unpaired) electrons. The molecular weight excluding hydrogens is 406 g/mol. The van der Waals surface area contributed by atoms with E-state index in [0.717, 1.165) is 30.9 Å². The Hall–Kier alpha value is -3.82. The lowest BCUT2D eigenvalue weighted by Gasteiger charge is -2.17. The van der Waals surface area contributed by atoms with Crippen molar-refractivity contribution >= 4 is 28.9 Å². The molecule has 0 aliphatic carbocycles. The lowest BCUT2D eigenvalue weighted by molar-refractivity contribution is -0.385. The van der Waals surface area contributed by atoms with Gasteiger partial charge in [-0.3, -0.25) is 14.9 Å². The van der Waals surface area contributed by atoms with Gasteiger partial charge in [0.2, 0.25) is 0 Å². The standard InChI is InChI=1S/C21H23N3O7/c1-29-18-11-16(17(24(27)28)12-19(18)30-2)21(26)31-13-20(25)22-14-5-7-15(8-6-14)23-9-3-4-10-23/h5-8,11-12H,3-4,9-10,13H2,1-2H3,(H,22,25). The Morgan fingerprint density at radius 2 is 1.68 bits per heavy atom. The normalized spacial score (nSPS) is 12.9. The minimum absolute atomic E-state index is 0.0980. The van der Waals surface area contributed by atoms with Crippen LogP contribution in [0.5, 0.6) is 11.5 Å². The summed E-state index contributed by atoms with van der Waals surface area (Å²) in [6, 6.07) is 9.59. The molecule has 0 aromatic heterocycles. The molecule has 1 heterocycles. The number of amides is 1. The highest BCUT2D eigenvalue weighted by Crippen LogP contribution is 2.34. The Morgan fingerprint density at radius 1 is 1.06 bits per heavy atom. The van der Waals surface area contributed by atoms with Gasteiger partial charge in [-0.2, -0.15) is 0 Å². The SMILES string of the molecule is COc1cc(C(=O)OCC(=O)Nc2ccc(N3CCCC3)cc2)c([N+](=O)[O-])cc1OC. The third kappa shape index (κ3) is 5.21. The number of benzene rings is 2. The van der Waals surface area contributed by atoms with Gasteiger partial charge in [0.1, 0.15) is 5.56 Å². The number of anilines is 2. The Morgan fingerprint density at radius 3 is 2.26 bits per heavy atom. The van der Waals surface area contributed by atoms with Crippen LogP contribution in [0.15, 0.2) is 36.4 Å². The predicted molar refractivity (Wildman–Crippen MR) is 113 cm³/mol. The van der Waals surface area contributed by atoms with E-state index in [9.17, 15) is 19.7 Å². The molecule has 10 heteroatoms. The van der Waals surface area contributed by atoms with Crippen molar-refractivity contribution in [1.29, 1.82) is 0 Å². The van der Waals surface area contributed by atoms with Crippen molar-refractivity contribution in [2.24, 2.45) is 0 Å². The number of rotatable bonds is 8. The zero-order chi connectivity index (χ0) is 22.4. The highest BCUT2D eigenvalue weighted by atomic mass is 16.6. The van der Waals surface area contributed by atoms with Crippen molar-refractivity contribution in [2.45, 2.75) is 12.8 Å². The molecule has 164 valence electrons. The summed E-state index contributed by atoms with van der Waals surface area (Å²) >= 11 is 0. The van der Waals surface area contributed by atoms with Crippen LogP contribution in [0.1, 0.15) is 23.2 Å². The lowest BCUT2D eigenvalue weighted by Crippen LogP contribution is -2.21. The van der Waals surface area contributed by atoms with E-state index < -0.39 is 29.1 Å². The summed E-state index contributed by atoms with van der Waals surface area (Å²) in [6.07, 6.45) is 2.34. The van der Waals surface area contributed by atoms with Crippen LogP contribution in [-0.2, 0) is 9.53 Å². The molecule has 1 aliphatic rings. The lowest BCUT2D eigenvalue weighted by atomic mass is 10.1. The van der Waals surface area contributed by atoms with E-state index >= 15 is 0 Å². The fourth-order valence-electron chi connectivity index (χ4n) is 3.32. The van der Waals surface area contributed by atoms with Crippen LogP contribution in [0.25, 0.3) is 0 Å². The first kappa shape index (κ1) is 21.9. The summed E-state index contributed by atoms with van der Waals surface area (Å²) in [5.74, 6) is -1.36. The number of hydrogen-bond acceptors (Lipinski definition) is 8. The van der Waals surface area contributed by atoms with Crippen molar-refractivity contribution in [1.82, 2.24) is 0 Å². The Labute approximate surface area is 178 Å². The van der Waals surface area contributed by atoms with Crippen LogP contribution in [0.2, 0.25) is 0 Å². The number of esters is 1. The maximum absolute atomic E-state index is 12.4. The molecule has 0 saturated carbocycles. The predicted octanol–water partition coefficient (Wildman–Crippen LogP) is 3.01. The van der Waals surface area contributed by atoms with Gasteiger partial charge in [0, 0.05) is 30.5 Å². The molecule has 0 unspecified atom stereocenters. The average molecular weight is 429 g/mol. The molecular formula is C21H23N3O7. The Kier molecular flexibility index (Phi) is 6.91. The molecule has 3 rings (SSSR count). The van der Waals surface area contributed by atoms with E-state index in [-0.39, 0.29) is 17.1 Å². The van der Waals surface area contributed by atoms with E-state index in [1.54, 1.807) is 12.1 Å². The second kappa shape index (κ2) is 9.79. The second-order valence-electron chi connectivity index (χ2n) is 6.85. The molecule has 1 N–H and O–H groups in total. The largest absolute Gasteiger partial charge is 0.493 e. The number of nitro groups is 1. The molecule has 1 aliphatic heterocycles. The summed E-state index contributed by atoms with van der Waals surface area (Å²) in [7, 11) is 2.66. The van der Waals surface area contributed by atoms with Gasteiger partial charge in [-0.25, -0.2) is 4.79 Å². The third-order valence-electron chi connectivity index (χ3n) is 4.88. The van der Waals surface area contributed by atoms with E-state index in [1.807, 2.05) is 12.1 Å². The summed E-state index contributed by atoms with van der Waals surface area (Å²) in [5, 5.41) is 13.9. The number of nitrogens with one attached hydrogen (secondary N) is 1. The van der Waals surface area contributed by atoms with E-state index in [2.05, 4.69) is 10.2 Å². The number of nitrogens with zero attached hydrogens (tertiary/aromatic N) is 2. The fraction of sp³-hybridized carbons (Fsp3) is 0.333. The van der Waals surface area contributed by atoms with Gasteiger partial charge in [0.15, 0.2) is 18.1 Å². The van der Waals surface area contributed by atoms with E-state index in [0.29, 0.717) is 5.69 Å². The van der Waals surface area contributed by atoms with Gasteiger partial charge >= 0.3 is 5.97 Å². The first-order chi connectivity index (χ1) is 14.9. The average Bonchev–Trinajstić information content (AvgIpc) is 3.31. The van der Waals surface area contributed by atoms with Crippen molar-refractivity contribution in [2.75, 3.05) is 44.1 Å². The molecule has 1 amide bonds. The molecule has 1 fully saturated rings. The van der Waals surface area contributed by atoms with E-state index in [4.69, 9.17) is 14.2 Å².